The van der Waals surface area contributed by atoms with Gasteiger partial charge in [-0.1, -0.05) is 13.8 Å². The van der Waals surface area contributed by atoms with Crippen LogP contribution in [0.1, 0.15) is 36.6 Å². The van der Waals surface area contributed by atoms with Crippen LogP contribution in [0, 0.1) is 0 Å². The maximum absolute atomic E-state index is 4.48. The van der Waals surface area contributed by atoms with E-state index in [1.54, 1.807) is 0 Å². The largest absolute Gasteiger partial charge is 0.312 e. The van der Waals surface area contributed by atoms with Gasteiger partial charge in [-0.2, -0.15) is 0 Å². The van der Waals surface area contributed by atoms with Crippen molar-refractivity contribution >= 4 is 11.3 Å². The molecule has 1 fully saturated rings. The summed E-state index contributed by atoms with van der Waals surface area (Å²) in [6.07, 6.45) is 4.66. The van der Waals surface area contributed by atoms with Crippen LogP contribution in [0.4, 0.5) is 0 Å². The van der Waals surface area contributed by atoms with Crippen LogP contribution in [-0.2, 0) is 12.0 Å². The smallest absolute Gasteiger partial charge is 0.0987 e. The molecular weight excluding hydrogens is 180 g/mol. The highest BCUT2D eigenvalue weighted by Crippen LogP contribution is 2.48. The van der Waals surface area contributed by atoms with Crippen molar-refractivity contribution in [2.45, 2.75) is 38.6 Å². The second-order valence-electron chi connectivity index (χ2n) is 3.97. The molecule has 72 valence electrons. The fraction of sp³-hybridized carbons (Fsp3) is 0.700. The van der Waals surface area contributed by atoms with E-state index in [0.717, 1.165) is 13.1 Å². The van der Waals surface area contributed by atoms with E-state index in [9.17, 15) is 0 Å². The minimum absolute atomic E-state index is 0.440. The molecule has 1 aromatic rings. The van der Waals surface area contributed by atoms with E-state index in [2.05, 4.69) is 24.1 Å². The van der Waals surface area contributed by atoms with E-state index >= 15 is 0 Å². The van der Waals surface area contributed by atoms with Gasteiger partial charge < -0.3 is 5.32 Å². The van der Waals surface area contributed by atoms with Crippen molar-refractivity contribution in [3.05, 3.63) is 16.1 Å². The molecule has 0 radical (unpaired) electrons. The predicted octanol–water partition coefficient (Wildman–Crippen LogP) is 2.30. The van der Waals surface area contributed by atoms with Crippen molar-refractivity contribution in [2.24, 2.45) is 0 Å². The van der Waals surface area contributed by atoms with Gasteiger partial charge in [-0.3, -0.25) is 0 Å². The van der Waals surface area contributed by atoms with Crippen LogP contribution in [0.3, 0.4) is 0 Å². The number of aromatic nitrogens is 1. The first-order valence-corrected chi connectivity index (χ1v) is 5.72. The number of hydrogen-bond acceptors (Lipinski definition) is 3. The minimum atomic E-state index is 0.440. The zero-order chi connectivity index (χ0) is 9.31. The first-order valence-electron chi connectivity index (χ1n) is 4.90. The summed E-state index contributed by atoms with van der Waals surface area (Å²) >= 11 is 1.87. The van der Waals surface area contributed by atoms with Gasteiger partial charge in [0.25, 0.3) is 0 Å². The normalized spacial score (nSPS) is 18.9. The van der Waals surface area contributed by atoms with Gasteiger partial charge in [0.05, 0.1) is 5.01 Å². The Hall–Kier alpha value is -0.410. The van der Waals surface area contributed by atoms with Gasteiger partial charge >= 0.3 is 0 Å². The number of nitrogens with zero attached hydrogens (tertiary/aromatic N) is 1. The third-order valence-electron chi connectivity index (χ3n) is 2.62. The molecular formula is C10H16N2S. The number of nitrogens with one attached hydrogen (secondary N) is 1. The van der Waals surface area contributed by atoms with E-state index in [0.29, 0.717) is 5.41 Å². The van der Waals surface area contributed by atoms with Crippen LogP contribution in [-0.4, -0.2) is 11.5 Å². The van der Waals surface area contributed by atoms with Crippen LogP contribution in [0.15, 0.2) is 6.20 Å². The summed E-state index contributed by atoms with van der Waals surface area (Å²) in [6.45, 7) is 6.45. The first-order chi connectivity index (χ1) is 6.24. The van der Waals surface area contributed by atoms with Gasteiger partial charge in [0.1, 0.15) is 0 Å². The summed E-state index contributed by atoms with van der Waals surface area (Å²) in [5, 5.41) is 4.65. The quantitative estimate of drug-likeness (QED) is 0.799. The third-order valence-corrected chi connectivity index (χ3v) is 3.92. The molecule has 1 heterocycles. The lowest BCUT2D eigenvalue weighted by Gasteiger charge is -2.00. The lowest BCUT2D eigenvalue weighted by atomic mass is 10.2. The summed E-state index contributed by atoms with van der Waals surface area (Å²) in [4.78, 5) is 5.85. The van der Waals surface area contributed by atoms with Gasteiger partial charge in [0.15, 0.2) is 0 Å². The van der Waals surface area contributed by atoms with E-state index in [-0.39, 0.29) is 0 Å². The summed E-state index contributed by atoms with van der Waals surface area (Å²) in [5.74, 6) is 0. The first kappa shape index (κ1) is 9.16. The number of rotatable bonds is 4. The molecule has 0 spiro atoms. The third kappa shape index (κ3) is 1.92. The van der Waals surface area contributed by atoms with E-state index < -0.39 is 0 Å². The van der Waals surface area contributed by atoms with Gasteiger partial charge in [-0.25, -0.2) is 4.98 Å². The molecule has 1 aliphatic carbocycles. The standard InChI is InChI=1S/C10H16N2S/c1-3-11-6-8-7-12-9(13-8)10(2)4-5-10/h7,11H,3-6H2,1-2H3. The van der Waals surface area contributed by atoms with Crippen molar-refractivity contribution in [3.63, 3.8) is 0 Å². The van der Waals surface area contributed by atoms with E-state index in [4.69, 9.17) is 0 Å². The Bertz CT molecular complexity index is 289. The lowest BCUT2D eigenvalue weighted by molar-refractivity contribution is 0.734. The average molecular weight is 196 g/mol. The highest BCUT2D eigenvalue weighted by Gasteiger charge is 2.41. The SMILES string of the molecule is CCNCc1cnc(C2(C)CC2)s1. The predicted molar refractivity (Wildman–Crippen MR) is 56.1 cm³/mol. The fourth-order valence-corrected chi connectivity index (χ4v) is 2.40. The van der Waals surface area contributed by atoms with Crippen LogP contribution in [0.5, 0.6) is 0 Å². The molecule has 1 saturated carbocycles. The Morgan fingerprint density at radius 3 is 3.00 bits per heavy atom. The number of hydrogen-bond donors (Lipinski definition) is 1. The fourth-order valence-electron chi connectivity index (χ4n) is 1.32. The molecule has 1 aliphatic rings. The van der Waals surface area contributed by atoms with Crippen molar-refractivity contribution in [2.75, 3.05) is 6.54 Å². The molecule has 2 rings (SSSR count). The Kier molecular flexibility index (Phi) is 2.39. The molecule has 1 aromatic heterocycles. The molecule has 0 atom stereocenters. The van der Waals surface area contributed by atoms with Gasteiger partial charge in [-0.05, 0) is 19.4 Å². The van der Waals surface area contributed by atoms with Crippen LogP contribution in [0.2, 0.25) is 0 Å². The van der Waals surface area contributed by atoms with Crippen molar-refractivity contribution < 1.29 is 0 Å². The Labute approximate surface area is 83.4 Å². The Morgan fingerprint density at radius 2 is 2.38 bits per heavy atom. The maximum atomic E-state index is 4.48. The monoisotopic (exact) mass is 196 g/mol. The van der Waals surface area contributed by atoms with Gasteiger partial charge in [0.2, 0.25) is 0 Å². The minimum Gasteiger partial charge on any atom is -0.312 e. The van der Waals surface area contributed by atoms with Gasteiger partial charge in [0, 0.05) is 23.0 Å². The Balaban J connectivity index is 2.01. The molecule has 13 heavy (non-hydrogen) atoms. The maximum Gasteiger partial charge on any atom is 0.0987 e. The molecule has 0 amide bonds. The number of thiazole rings is 1. The second kappa shape index (κ2) is 3.39. The summed E-state index contributed by atoms with van der Waals surface area (Å²) in [7, 11) is 0. The van der Waals surface area contributed by atoms with Crippen LogP contribution in [0.25, 0.3) is 0 Å². The molecule has 0 bridgehead atoms. The van der Waals surface area contributed by atoms with Gasteiger partial charge in [-0.15, -0.1) is 11.3 Å². The summed E-state index contributed by atoms with van der Waals surface area (Å²) in [6, 6.07) is 0. The molecule has 0 unspecified atom stereocenters. The lowest BCUT2D eigenvalue weighted by Crippen LogP contribution is -2.10. The second-order valence-corrected chi connectivity index (χ2v) is 5.09. The zero-order valence-electron chi connectivity index (χ0n) is 8.26. The molecule has 0 aromatic carbocycles. The molecule has 1 N–H and O–H groups in total. The van der Waals surface area contributed by atoms with Crippen LogP contribution < -0.4 is 5.32 Å². The van der Waals surface area contributed by atoms with Crippen molar-refractivity contribution in [3.8, 4) is 0 Å². The van der Waals surface area contributed by atoms with Crippen molar-refractivity contribution in [1.29, 1.82) is 0 Å². The summed E-state index contributed by atoms with van der Waals surface area (Å²) in [5.41, 5.74) is 0.440. The topological polar surface area (TPSA) is 24.9 Å². The van der Waals surface area contributed by atoms with E-state index in [1.807, 2.05) is 17.5 Å². The van der Waals surface area contributed by atoms with Crippen LogP contribution >= 0.6 is 11.3 Å². The highest BCUT2D eigenvalue weighted by atomic mass is 32.1. The van der Waals surface area contributed by atoms with Crippen molar-refractivity contribution in [1.82, 2.24) is 10.3 Å². The average Bonchev–Trinajstić information content (AvgIpc) is 2.69. The molecule has 0 aliphatic heterocycles. The Morgan fingerprint density at radius 1 is 1.62 bits per heavy atom. The molecule has 3 heteroatoms. The molecule has 2 nitrogen and oxygen atoms in total. The zero-order valence-corrected chi connectivity index (χ0v) is 9.08. The highest BCUT2D eigenvalue weighted by molar-refractivity contribution is 7.11. The summed E-state index contributed by atoms with van der Waals surface area (Å²) < 4.78 is 0. The molecule has 0 saturated heterocycles. The van der Waals surface area contributed by atoms with E-state index in [1.165, 1.54) is 22.7 Å².